The molecular formula is C29H34ClN3O. The molecule has 0 saturated carbocycles. The highest BCUT2D eigenvalue weighted by Gasteiger charge is 2.33. The zero-order valence-electron chi connectivity index (χ0n) is 21.0. The van der Waals surface area contributed by atoms with Crippen molar-refractivity contribution in [3.63, 3.8) is 0 Å². The zero-order chi connectivity index (χ0) is 24.7. The van der Waals surface area contributed by atoms with Gasteiger partial charge in [0.1, 0.15) is 13.3 Å². The van der Waals surface area contributed by atoms with E-state index in [0.29, 0.717) is 18.4 Å². The van der Waals surface area contributed by atoms with Crippen molar-refractivity contribution in [1.29, 1.82) is 0 Å². The number of carbonyl (C=O) groups is 1. The maximum absolute atomic E-state index is 13.6. The van der Waals surface area contributed by atoms with Gasteiger partial charge in [-0.05, 0) is 70.5 Å². The maximum atomic E-state index is 13.6. The fourth-order valence-corrected chi connectivity index (χ4v) is 4.26. The van der Waals surface area contributed by atoms with Gasteiger partial charge in [-0.1, -0.05) is 77.4 Å². The predicted octanol–water partition coefficient (Wildman–Crippen LogP) is 7.80. The normalized spacial score (nSPS) is 15.1. The van der Waals surface area contributed by atoms with E-state index in [2.05, 4.69) is 82.8 Å². The van der Waals surface area contributed by atoms with Gasteiger partial charge in [-0.25, -0.2) is 4.79 Å². The number of rotatable bonds is 3. The van der Waals surface area contributed by atoms with Crippen LogP contribution in [0.3, 0.4) is 0 Å². The SMILES string of the molecule is CC(C)(C)c1ccc(N2CN(c3ccc(Cl)cc3)C(=O)N(c3ccc(C(C)(C)C)cc3)C2)cc1. The van der Waals surface area contributed by atoms with Crippen LogP contribution in [0.4, 0.5) is 21.9 Å². The maximum Gasteiger partial charge on any atom is 0.331 e. The second-order valence-corrected chi connectivity index (χ2v) is 11.5. The third-order valence-electron chi connectivity index (χ3n) is 6.37. The van der Waals surface area contributed by atoms with Gasteiger partial charge in [-0.15, -0.1) is 0 Å². The molecule has 0 aliphatic carbocycles. The molecule has 178 valence electrons. The van der Waals surface area contributed by atoms with Crippen LogP contribution in [0.5, 0.6) is 0 Å². The van der Waals surface area contributed by atoms with Crippen LogP contribution in [-0.4, -0.2) is 19.4 Å². The Morgan fingerprint density at radius 1 is 0.588 bits per heavy atom. The molecule has 0 atom stereocenters. The van der Waals surface area contributed by atoms with Crippen LogP contribution in [0.1, 0.15) is 52.7 Å². The summed E-state index contributed by atoms with van der Waals surface area (Å²) in [5.41, 5.74) is 5.46. The van der Waals surface area contributed by atoms with Crippen molar-refractivity contribution in [2.24, 2.45) is 0 Å². The Morgan fingerprint density at radius 2 is 0.941 bits per heavy atom. The number of hydrogen-bond donors (Lipinski definition) is 0. The van der Waals surface area contributed by atoms with Crippen LogP contribution in [0.2, 0.25) is 5.02 Å². The van der Waals surface area contributed by atoms with Gasteiger partial charge < -0.3 is 4.90 Å². The molecule has 0 bridgehead atoms. The van der Waals surface area contributed by atoms with Crippen LogP contribution in [-0.2, 0) is 10.8 Å². The highest BCUT2D eigenvalue weighted by Crippen LogP contribution is 2.32. The number of carbonyl (C=O) groups excluding carboxylic acids is 1. The summed E-state index contributed by atoms with van der Waals surface area (Å²) >= 11 is 6.11. The van der Waals surface area contributed by atoms with E-state index in [1.54, 1.807) is 4.90 Å². The lowest BCUT2D eigenvalue weighted by Crippen LogP contribution is -2.59. The van der Waals surface area contributed by atoms with Gasteiger partial charge >= 0.3 is 6.03 Å². The minimum Gasteiger partial charge on any atom is -0.335 e. The van der Waals surface area contributed by atoms with Crippen LogP contribution in [0.15, 0.2) is 72.8 Å². The molecule has 34 heavy (non-hydrogen) atoms. The minimum absolute atomic E-state index is 0.0478. The number of hydrogen-bond acceptors (Lipinski definition) is 2. The first-order valence-corrected chi connectivity index (χ1v) is 12.1. The Hall–Kier alpha value is -2.98. The number of urea groups is 1. The van der Waals surface area contributed by atoms with E-state index >= 15 is 0 Å². The summed E-state index contributed by atoms with van der Waals surface area (Å²) in [6, 6.07) is 24.4. The van der Waals surface area contributed by atoms with E-state index in [-0.39, 0.29) is 16.9 Å². The molecule has 1 saturated heterocycles. The number of halogens is 1. The third kappa shape index (κ3) is 5.07. The second kappa shape index (κ2) is 8.99. The molecule has 4 rings (SSSR count). The molecule has 0 N–H and O–H groups in total. The first kappa shape index (κ1) is 24.2. The van der Waals surface area contributed by atoms with E-state index in [4.69, 9.17) is 11.6 Å². The third-order valence-corrected chi connectivity index (χ3v) is 6.62. The molecule has 1 heterocycles. The summed E-state index contributed by atoms with van der Waals surface area (Å²) in [6.07, 6.45) is 0. The molecule has 5 heteroatoms. The fourth-order valence-electron chi connectivity index (χ4n) is 4.13. The van der Waals surface area contributed by atoms with Crippen molar-refractivity contribution in [3.8, 4) is 0 Å². The van der Waals surface area contributed by atoms with Crippen molar-refractivity contribution < 1.29 is 4.79 Å². The van der Waals surface area contributed by atoms with Crippen LogP contribution in [0, 0.1) is 0 Å². The van der Waals surface area contributed by atoms with Gasteiger partial charge in [0.2, 0.25) is 0 Å². The number of benzene rings is 3. The van der Waals surface area contributed by atoms with E-state index in [1.807, 2.05) is 41.3 Å². The zero-order valence-corrected chi connectivity index (χ0v) is 21.7. The molecule has 1 aliphatic heterocycles. The van der Waals surface area contributed by atoms with Crippen LogP contribution in [0.25, 0.3) is 0 Å². The first-order chi connectivity index (χ1) is 15.9. The number of amides is 2. The summed E-state index contributed by atoms with van der Waals surface area (Å²) in [4.78, 5) is 19.5. The van der Waals surface area contributed by atoms with E-state index in [1.165, 1.54) is 11.1 Å². The van der Waals surface area contributed by atoms with Gasteiger partial charge in [0, 0.05) is 22.1 Å². The Morgan fingerprint density at radius 3 is 1.32 bits per heavy atom. The van der Waals surface area contributed by atoms with Gasteiger partial charge in [-0.2, -0.15) is 0 Å². The van der Waals surface area contributed by atoms with Crippen LogP contribution < -0.4 is 14.7 Å². The van der Waals surface area contributed by atoms with Gasteiger partial charge in [0.15, 0.2) is 0 Å². The lowest BCUT2D eigenvalue weighted by Gasteiger charge is -2.43. The summed E-state index contributed by atoms with van der Waals surface area (Å²) in [5.74, 6) is 0. The summed E-state index contributed by atoms with van der Waals surface area (Å²) in [7, 11) is 0. The smallest absolute Gasteiger partial charge is 0.331 e. The molecule has 3 aromatic rings. The van der Waals surface area contributed by atoms with Crippen molar-refractivity contribution >= 4 is 34.7 Å². The predicted molar refractivity (Wildman–Crippen MR) is 144 cm³/mol. The summed E-state index contributed by atoms with van der Waals surface area (Å²) in [6.45, 7) is 14.2. The van der Waals surface area contributed by atoms with E-state index in [9.17, 15) is 4.79 Å². The minimum atomic E-state index is -0.0478. The quantitative estimate of drug-likeness (QED) is 0.386. The lowest BCUT2D eigenvalue weighted by molar-refractivity contribution is 0.248. The Bertz CT molecular complexity index is 1140. The van der Waals surface area contributed by atoms with E-state index in [0.717, 1.165) is 17.1 Å². The molecule has 2 amide bonds. The summed E-state index contributed by atoms with van der Waals surface area (Å²) in [5, 5.41) is 0.650. The number of nitrogens with zero attached hydrogens (tertiary/aromatic N) is 3. The average molecular weight is 476 g/mol. The Kier molecular flexibility index (Phi) is 6.39. The fraction of sp³-hybridized carbons (Fsp3) is 0.345. The highest BCUT2D eigenvalue weighted by atomic mass is 35.5. The Labute approximate surface area is 208 Å². The molecule has 1 aliphatic rings. The highest BCUT2D eigenvalue weighted by molar-refractivity contribution is 6.30. The number of anilines is 3. The molecular weight excluding hydrogens is 442 g/mol. The molecule has 1 fully saturated rings. The monoisotopic (exact) mass is 475 g/mol. The molecule has 0 unspecified atom stereocenters. The van der Waals surface area contributed by atoms with Crippen LogP contribution >= 0.6 is 11.6 Å². The first-order valence-electron chi connectivity index (χ1n) is 11.7. The summed E-state index contributed by atoms with van der Waals surface area (Å²) < 4.78 is 0. The molecule has 0 radical (unpaired) electrons. The lowest BCUT2D eigenvalue weighted by atomic mass is 9.87. The standard InChI is InChI=1S/C29H34ClN3O/c1-28(2,3)21-7-13-24(14-8-21)31-19-32(25-15-9-22(10-16-25)29(4,5)6)27(34)33(20-31)26-17-11-23(30)12-18-26/h7-18H,19-20H2,1-6H3. The average Bonchev–Trinajstić information content (AvgIpc) is 2.79. The van der Waals surface area contributed by atoms with Gasteiger partial charge in [0.05, 0.1) is 0 Å². The van der Waals surface area contributed by atoms with E-state index < -0.39 is 0 Å². The molecule has 3 aromatic carbocycles. The van der Waals surface area contributed by atoms with Crippen molar-refractivity contribution in [3.05, 3.63) is 88.9 Å². The topological polar surface area (TPSA) is 26.8 Å². The Balaban J connectivity index is 1.70. The molecule has 0 aromatic heterocycles. The van der Waals surface area contributed by atoms with Crippen molar-refractivity contribution in [2.45, 2.75) is 52.4 Å². The second-order valence-electron chi connectivity index (χ2n) is 11.0. The molecule has 0 spiro atoms. The molecule has 4 nitrogen and oxygen atoms in total. The van der Waals surface area contributed by atoms with Crippen molar-refractivity contribution in [1.82, 2.24) is 0 Å². The van der Waals surface area contributed by atoms with Crippen molar-refractivity contribution in [2.75, 3.05) is 28.0 Å². The van der Waals surface area contributed by atoms with Gasteiger partial charge in [-0.3, -0.25) is 9.80 Å². The van der Waals surface area contributed by atoms with Gasteiger partial charge in [0.25, 0.3) is 0 Å². The largest absolute Gasteiger partial charge is 0.335 e.